The van der Waals surface area contributed by atoms with Gasteiger partial charge in [0.2, 0.25) is 0 Å². The number of carbonyl (C=O) groups excluding carboxylic acids is 1. The highest BCUT2D eigenvalue weighted by Gasteiger charge is 2.23. The fourth-order valence-corrected chi connectivity index (χ4v) is 1.21. The molecular weight excluding hydrogens is 241 g/mol. The highest BCUT2D eigenvalue weighted by atomic mass is 19.1. The number of carbonyl (C=O) groups is 2. The summed E-state index contributed by atoms with van der Waals surface area (Å²) < 4.78 is 17.6. The van der Waals surface area contributed by atoms with Crippen LogP contribution in [0.3, 0.4) is 0 Å². The predicted octanol–water partition coefficient (Wildman–Crippen LogP) is 0.993. The van der Waals surface area contributed by atoms with Gasteiger partial charge in [-0.15, -0.1) is 0 Å². The zero-order valence-electron chi connectivity index (χ0n) is 9.80. The second-order valence-corrected chi connectivity index (χ2v) is 3.63. The lowest BCUT2D eigenvalue weighted by atomic mass is 10.3. The van der Waals surface area contributed by atoms with Crippen LogP contribution in [-0.2, 0) is 9.59 Å². The summed E-state index contributed by atoms with van der Waals surface area (Å²) in [7, 11) is 0. The summed E-state index contributed by atoms with van der Waals surface area (Å²) in [5.74, 6) is -1.62. The molecule has 2 atom stereocenters. The molecule has 1 aromatic rings. The van der Waals surface area contributed by atoms with Gasteiger partial charge in [0.1, 0.15) is 12.4 Å². The van der Waals surface area contributed by atoms with Crippen LogP contribution in [0.25, 0.3) is 0 Å². The van der Waals surface area contributed by atoms with Crippen molar-refractivity contribution >= 4 is 11.9 Å². The number of para-hydroxylation sites is 1. The van der Waals surface area contributed by atoms with Gasteiger partial charge >= 0.3 is 5.97 Å². The number of hydrogen-bond acceptors (Lipinski definition) is 3. The van der Waals surface area contributed by atoms with Crippen LogP contribution in [0, 0.1) is 0 Å². The van der Waals surface area contributed by atoms with Crippen molar-refractivity contribution in [3.8, 4) is 5.75 Å². The molecule has 2 unspecified atom stereocenters. The lowest BCUT2D eigenvalue weighted by Gasteiger charge is -2.17. The van der Waals surface area contributed by atoms with Crippen molar-refractivity contribution in [3.63, 3.8) is 0 Å². The number of carboxylic acid groups (broad SMARTS) is 1. The van der Waals surface area contributed by atoms with Gasteiger partial charge in [0.05, 0.1) is 0 Å². The maximum absolute atomic E-state index is 12.3. The number of alkyl halides is 1. The molecule has 0 saturated heterocycles. The molecule has 18 heavy (non-hydrogen) atoms. The standard InChI is InChI=1S/C12H14FNO4/c1-8(18-9-5-3-2-4-6-9)11(15)14-10(7-13)12(16)17/h2-6,8,10H,7H2,1H3,(H,14,15)(H,16,17). The molecule has 0 aromatic heterocycles. The van der Waals surface area contributed by atoms with Crippen molar-refractivity contribution in [2.75, 3.05) is 6.67 Å². The van der Waals surface area contributed by atoms with Gasteiger partial charge < -0.3 is 15.2 Å². The highest BCUT2D eigenvalue weighted by molar-refractivity contribution is 5.86. The lowest BCUT2D eigenvalue weighted by Crippen LogP contribution is -2.47. The SMILES string of the molecule is CC(Oc1ccccc1)C(=O)NC(CF)C(=O)O. The molecule has 0 saturated carbocycles. The Balaban J connectivity index is 2.54. The first kappa shape index (κ1) is 14.0. The number of ether oxygens (including phenoxy) is 1. The van der Waals surface area contributed by atoms with E-state index in [2.05, 4.69) is 0 Å². The van der Waals surface area contributed by atoms with E-state index in [1.807, 2.05) is 5.32 Å². The lowest BCUT2D eigenvalue weighted by molar-refractivity contribution is -0.143. The second-order valence-electron chi connectivity index (χ2n) is 3.63. The van der Waals surface area contributed by atoms with Gasteiger partial charge in [0.25, 0.3) is 5.91 Å². The summed E-state index contributed by atoms with van der Waals surface area (Å²) in [6.45, 7) is 0.290. The Bertz CT molecular complexity index is 410. The van der Waals surface area contributed by atoms with Crippen LogP contribution in [-0.4, -0.2) is 35.8 Å². The van der Waals surface area contributed by atoms with Crippen LogP contribution < -0.4 is 10.1 Å². The zero-order chi connectivity index (χ0) is 13.5. The van der Waals surface area contributed by atoms with Gasteiger partial charge in [0, 0.05) is 0 Å². The number of carboxylic acids is 1. The summed E-state index contributed by atoms with van der Waals surface area (Å²) in [6, 6.07) is 7.05. The van der Waals surface area contributed by atoms with Crippen molar-refractivity contribution in [2.24, 2.45) is 0 Å². The van der Waals surface area contributed by atoms with Gasteiger partial charge in [-0.2, -0.15) is 0 Å². The van der Waals surface area contributed by atoms with Crippen molar-refractivity contribution in [2.45, 2.75) is 19.1 Å². The summed E-state index contributed by atoms with van der Waals surface area (Å²) in [5.41, 5.74) is 0. The molecule has 5 nitrogen and oxygen atoms in total. The topological polar surface area (TPSA) is 75.6 Å². The summed E-state index contributed by atoms with van der Waals surface area (Å²) in [5, 5.41) is 10.6. The van der Waals surface area contributed by atoms with E-state index in [0.717, 1.165) is 0 Å². The number of benzene rings is 1. The minimum Gasteiger partial charge on any atom is -0.481 e. The van der Waals surface area contributed by atoms with Crippen molar-refractivity contribution in [3.05, 3.63) is 30.3 Å². The summed E-state index contributed by atoms with van der Waals surface area (Å²) in [4.78, 5) is 22.1. The van der Waals surface area contributed by atoms with E-state index < -0.39 is 30.7 Å². The quantitative estimate of drug-likeness (QED) is 0.795. The maximum Gasteiger partial charge on any atom is 0.328 e. The van der Waals surface area contributed by atoms with E-state index in [-0.39, 0.29) is 0 Å². The molecule has 0 bridgehead atoms. The Morgan fingerprint density at radius 3 is 2.50 bits per heavy atom. The highest BCUT2D eigenvalue weighted by Crippen LogP contribution is 2.10. The zero-order valence-corrected chi connectivity index (χ0v) is 9.80. The van der Waals surface area contributed by atoms with Crippen LogP contribution in [0.5, 0.6) is 5.75 Å². The molecule has 98 valence electrons. The molecule has 0 aliphatic rings. The van der Waals surface area contributed by atoms with Gasteiger partial charge in [-0.05, 0) is 19.1 Å². The van der Waals surface area contributed by atoms with E-state index in [1.165, 1.54) is 6.92 Å². The van der Waals surface area contributed by atoms with Crippen molar-refractivity contribution < 1.29 is 23.8 Å². The molecule has 2 N–H and O–H groups in total. The Kier molecular flexibility index (Phi) is 5.10. The van der Waals surface area contributed by atoms with Crippen molar-refractivity contribution in [1.29, 1.82) is 0 Å². The molecule has 0 spiro atoms. The third-order valence-electron chi connectivity index (χ3n) is 2.19. The van der Waals surface area contributed by atoms with Gasteiger partial charge in [-0.1, -0.05) is 18.2 Å². The minimum atomic E-state index is -1.54. The van der Waals surface area contributed by atoms with Crippen molar-refractivity contribution in [1.82, 2.24) is 5.32 Å². The first-order valence-corrected chi connectivity index (χ1v) is 5.35. The molecule has 0 heterocycles. The van der Waals surface area contributed by atoms with E-state index in [9.17, 15) is 14.0 Å². The Hall–Kier alpha value is -2.11. The van der Waals surface area contributed by atoms with Gasteiger partial charge in [-0.3, -0.25) is 4.79 Å². The molecule has 1 aromatic carbocycles. The van der Waals surface area contributed by atoms with Gasteiger partial charge in [-0.25, -0.2) is 9.18 Å². The van der Waals surface area contributed by atoms with Crippen LogP contribution in [0.1, 0.15) is 6.92 Å². The maximum atomic E-state index is 12.3. The van der Waals surface area contributed by atoms with E-state index in [0.29, 0.717) is 5.75 Å². The molecule has 0 fully saturated rings. The number of amides is 1. The molecule has 0 aliphatic heterocycles. The first-order valence-electron chi connectivity index (χ1n) is 5.35. The van der Waals surface area contributed by atoms with Crippen LogP contribution in [0.4, 0.5) is 4.39 Å². The normalized spacial score (nSPS) is 13.4. The molecule has 1 amide bonds. The van der Waals surface area contributed by atoms with E-state index in [4.69, 9.17) is 9.84 Å². The fourth-order valence-electron chi connectivity index (χ4n) is 1.21. The summed E-state index contributed by atoms with van der Waals surface area (Å²) in [6.07, 6.45) is -0.902. The molecule has 0 aliphatic carbocycles. The average molecular weight is 255 g/mol. The smallest absolute Gasteiger partial charge is 0.328 e. The second kappa shape index (κ2) is 6.58. The Labute approximate surface area is 104 Å². The van der Waals surface area contributed by atoms with Crippen LogP contribution >= 0.6 is 0 Å². The number of nitrogens with one attached hydrogen (secondary N) is 1. The average Bonchev–Trinajstić information content (AvgIpc) is 2.36. The third-order valence-corrected chi connectivity index (χ3v) is 2.19. The first-order chi connectivity index (χ1) is 8.54. The van der Waals surface area contributed by atoms with E-state index >= 15 is 0 Å². The predicted molar refractivity (Wildman–Crippen MR) is 62.1 cm³/mol. The number of halogens is 1. The number of aliphatic carboxylic acids is 1. The number of rotatable bonds is 6. The number of hydrogen-bond donors (Lipinski definition) is 2. The third kappa shape index (κ3) is 4.04. The van der Waals surface area contributed by atoms with Crippen LogP contribution in [0.15, 0.2) is 30.3 Å². The van der Waals surface area contributed by atoms with E-state index in [1.54, 1.807) is 30.3 Å². The molecule has 6 heteroatoms. The monoisotopic (exact) mass is 255 g/mol. The van der Waals surface area contributed by atoms with Crippen LogP contribution in [0.2, 0.25) is 0 Å². The molecule has 1 rings (SSSR count). The Morgan fingerprint density at radius 1 is 1.39 bits per heavy atom. The fraction of sp³-hybridized carbons (Fsp3) is 0.333. The largest absolute Gasteiger partial charge is 0.481 e. The summed E-state index contributed by atoms with van der Waals surface area (Å²) >= 11 is 0. The Morgan fingerprint density at radius 2 is 2.00 bits per heavy atom. The molecular formula is C12H14FNO4. The van der Waals surface area contributed by atoms with Gasteiger partial charge in [0.15, 0.2) is 12.1 Å². The molecule has 0 radical (unpaired) electrons. The minimum absolute atomic E-state index is 0.479.